The molecule has 0 bridgehead atoms. The first-order chi connectivity index (χ1) is 9.65. The fourth-order valence-electron chi connectivity index (χ4n) is 2.78. The van der Waals surface area contributed by atoms with Crippen molar-refractivity contribution in [3.63, 3.8) is 0 Å². The highest BCUT2D eigenvalue weighted by atomic mass is 16.5. The highest BCUT2D eigenvalue weighted by molar-refractivity contribution is 6.39. The zero-order valence-corrected chi connectivity index (χ0v) is 11.9. The molecule has 20 heavy (non-hydrogen) atoms. The molecule has 0 aromatic heterocycles. The number of hydrogen-bond donors (Lipinski definition) is 0. The lowest BCUT2D eigenvalue weighted by molar-refractivity contribution is -0.130. The average Bonchev–Trinajstić information content (AvgIpc) is 3.15. The van der Waals surface area contributed by atoms with Gasteiger partial charge >= 0.3 is 0 Å². The number of hydrogen-bond acceptors (Lipinski definition) is 4. The minimum Gasteiger partial charge on any atom is -0.381 e. The molecule has 1 saturated heterocycles. The normalized spacial score (nSPS) is 26.6. The molecule has 1 atom stereocenters. The second-order valence-corrected chi connectivity index (χ2v) is 5.88. The van der Waals surface area contributed by atoms with E-state index in [2.05, 4.69) is 5.10 Å². The van der Waals surface area contributed by atoms with Crippen LogP contribution >= 0.6 is 0 Å². The molecule has 1 unspecified atom stereocenters. The number of hydrazone groups is 1. The van der Waals surface area contributed by atoms with E-state index < -0.39 is 0 Å². The molecule has 3 rings (SSSR count). The number of ether oxygens (including phenoxy) is 1. The van der Waals surface area contributed by atoms with Crippen molar-refractivity contribution in [2.24, 2.45) is 11.0 Å². The Hall–Kier alpha value is -1.43. The molecule has 0 radical (unpaired) electrons. The second kappa shape index (κ2) is 5.52. The maximum Gasteiger partial charge on any atom is 0.270 e. The minimum absolute atomic E-state index is 0.0127. The van der Waals surface area contributed by atoms with E-state index in [1.807, 2.05) is 4.90 Å². The maximum atomic E-state index is 12.6. The summed E-state index contributed by atoms with van der Waals surface area (Å²) in [5.74, 6) is 0.436. The Labute approximate surface area is 118 Å². The van der Waals surface area contributed by atoms with Gasteiger partial charge in [-0.15, -0.1) is 0 Å². The van der Waals surface area contributed by atoms with Crippen LogP contribution in [0.2, 0.25) is 0 Å². The lowest BCUT2D eigenvalue weighted by atomic mass is 10.1. The summed E-state index contributed by atoms with van der Waals surface area (Å²) in [4.78, 5) is 26.0. The van der Waals surface area contributed by atoms with Gasteiger partial charge in [0.25, 0.3) is 5.91 Å². The number of carbonyl (C=O) groups excluding carboxylic acids is 2. The summed E-state index contributed by atoms with van der Waals surface area (Å²) < 4.78 is 5.39. The Morgan fingerprint density at radius 1 is 1.40 bits per heavy atom. The standard InChI is InChI=1S/C14H21N3O3/c1-16-13(18)5-4-12(15-16)14(19)17(11-2-3-11)8-10-6-7-20-9-10/h10-11H,2-9H2,1H3. The van der Waals surface area contributed by atoms with Crippen molar-refractivity contribution < 1.29 is 14.3 Å². The van der Waals surface area contributed by atoms with Gasteiger partial charge in [-0.2, -0.15) is 5.10 Å². The molecule has 1 saturated carbocycles. The first kappa shape index (κ1) is 13.5. The zero-order chi connectivity index (χ0) is 14.1. The number of amides is 2. The van der Waals surface area contributed by atoms with Gasteiger partial charge in [-0.1, -0.05) is 0 Å². The van der Waals surface area contributed by atoms with Crippen LogP contribution in [0.25, 0.3) is 0 Å². The van der Waals surface area contributed by atoms with E-state index in [1.54, 1.807) is 7.05 Å². The van der Waals surface area contributed by atoms with Crippen LogP contribution in [0.4, 0.5) is 0 Å². The molecule has 6 heteroatoms. The molecule has 0 aromatic carbocycles. The second-order valence-electron chi connectivity index (χ2n) is 5.88. The lowest BCUT2D eigenvalue weighted by Gasteiger charge is -2.27. The lowest BCUT2D eigenvalue weighted by Crippen LogP contribution is -2.44. The Balaban J connectivity index is 1.69. The van der Waals surface area contributed by atoms with Gasteiger partial charge in [0.15, 0.2) is 0 Å². The summed E-state index contributed by atoms with van der Waals surface area (Å²) in [6.07, 6.45) is 4.04. The monoisotopic (exact) mass is 279 g/mol. The molecule has 2 heterocycles. The summed E-state index contributed by atoms with van der Waals surface area (Å²) in [7, 11) is 1.61. The van der Waals surface area contributed by atoms with Crippen molar-refractivity contribution in [1.82, 2.24) is 9.91 Å². The van der Waals surface area contributed by atoms with Gasteiger partial charge < -0.3 is 9.64 Å². The van der Waals surface area contributed by atoms with Crippen molar-refractivity contribution in [1.29, 1.82) is 0 Å². The van der Waals surface area contributed by atoms with Crippen LogP contribution in [0, 0.1) is 5.92 Å². The van der Waals surface area contributed by atoms with Crippen molar-refractivity contribution in [3.05, 3.63) is 0 Å². The molecule has 2 amide bonds. The zero-order valence-electron chi connectivity index (χ0n) is 11.9. The Morgan fingerprint density at radius 3 is 2.80 bits per heavy atom. The van der Waals surface area contributed by atoms with Gasteiger partial charge in [0.2, 0.25) is 5.91 Å². The van der Waals surface area contributed by atoms with Crippen LogP contribution in [0.3, 0.4) is 0 Å². The van der Waals surface area contributed by atoms with Crippen molar-refractivity contribution in [2.45, 2.75) is 38.1 Å². The predicted molar refractivity (Wildman–Crippen MR) is 73.1 cm³/mol. The number of carbonyl (C=O) groups is 2. The van der Waals surface area contributed by atoms with Crippen molar-refractivity contribution in [3.8, 4) is 0 Å². The minimum atomic E-state index is -0.0243. The van der Waals surface area contributed by atoms with E-state index in [1.165, 1.54) is 5.01 Å². The quantitative estimate of drug-likeness (QED) is 0.758. The van der Waals surface area contributed by atoms with Crippen LogP contribution in [0.15, 0.2) is 5.10 Å². The molecular weight excluding hydrogens is 258 g/mol. The maximum absolute atomic E-state index is 12.6. The van der Waals surface area contributed by atoms with Crippen LogP contribution in [-0.4, -0.2) is 60.3 Å². The summed E-state index contributed by atoms with van der Waals surface area (Å²) >= 11 is 0. The summed E-state index contributed by atoms with van der Waals surface area (Å²) in [6.45, 7) is 2.32. The molecule has 0 spiro atoms. The van der Waals surface area contributed by atoms with Gasteiger partial charge in [-0.3, -0.25) is 9.59 Å². The third-order valence-electron chi connectivity index (χ3n) is 4.18. The first-order valence-electron chi connectivity index (χ1n) is 7.38. The fraction of sp³-hybridized carbons (Fsp3) is 0.786. The Kier molecular flexibility index (Phi) is 3.74. The summed E-state index contributed by atoms with van der Waals surface area (Å²) in [6, 6.07) is 0.369. The Morgan fingerprint density at radius 2 is 2.20 bits per heavy atom. The van der Waals surface area contributed by atoms with Gasteiger partial charge in [-0.05, 0) is 19.3 Å². The van der Waals surface area contributed by atoms with Crippen LogP contribution in [0.1, 0.15) is 32.1 Å². The molecular formula is C14H21N3O3. The van der Waals surface area contributed by atoms with E-state index in [0.717, 1.165) is 39.0 Å². The molecule has 110 valence electrons. The van der Waals surface area contributed by atoms with Gasteiger partial charge in [-0.25, -0.2) is 5.01 Å². The topological polar surface area (TPSA) is 62.2 Å². The smallest absolute Gasteiger partial charge is 0.270 e. The molecule has 1 aliphatic carbocycles. The predicted octanol–water partition coefficient (Wildman–Crippen LogP) is 0.622. The molecule has 0 aromatic rings. The van der Waals surface area contributed by atoms with Crippen molar-refractivity contribution in [2.75, 3.05) is 26.8 Å². The molecule has 6 nitrogen and oxygen atoms in total. The fourth-order valence-corrected chi connectivity index (χ4v) is 2.78. The van der Waals surface area contributed by atoms with Crippen LogP contribution < -0.4 is 0 Å². The largest absolute Gasteiger partial charge is 0.381 e. The Bertz CT molecular complexity index is 439. The molecule has 0 N–H and O–H groups in total. The third kappa shape index (κ3) is 2.85. The summed E-state index contributed by atoms with van der Waals surface area (Å²) in [5.41, 5.74) is 0.526. The molecule has 2 fully saturated rings. The summed E-state index contributed by atoms with van der Waals surface area (Å²) in [5, 5.41) is 5.44. The third-order valence-corrected chi connectivity index (χ3v) is 4.18. The van der Waals surface area contributed by atoms with E-state index in [0.29, 0.717) is 30.5 Å². The highest BCUT2D eigenvalue weighted by Crippen LogP contribution is 2.29. The van der Waals surface area contributed by atoms with Gasteiger partial charge in [0.05, 0.1) is 6.61 Å². The van der Waals surface area contributed by atoms with E-state index in [-0.39, 0.29) is 11.8 Å². The van der Waals surface area contributed by atoms with E-state index in [9.17, 15) is 9.59 Å². The van der Waals surface area contributed by atoms with Gasteiger partial charge in [0, 0.05) is 45.0 Å². The van der Waals surface area contributed by atoms with Gasteiger partial charge in [0.1, 0.15) is 5.71 Å². The van der Waals surface area contributed by atoms with Crippen LogP contribution in [-0.2, 0) is 14.3 Å². The highest BCUT2D eigenvalue weighted by Gasteiger charge is 2.37. The van der Waals surface area contributed by atoms with Crippen molar-refractivity contribution >= 4 is 17.5 Å². The average molecular weight is 279 g/mol. The first-order valence-corrected chi connectivity index (χ1v) is 7.38. The SMILES string of the molecule is CN1N=C(C(=O)N(CC2CCOC2)C2CC2)CCC1=O. The van der Waals surface area contributed by atoms with E-state index >= 15 is 0 Å². The van der Waals surface area contributed by atoms with E-state index in [4.69, 9.17) is 4.74 Å². The molecule has 3 aliphatic rings. The molecule has 2 aliphatic heterocycles. The van der Waals surface area contributed by atoms with Crippen LogP contribution in [0.5, 0.6) is 0 Å². The number of nitrogens with zero attached hydrogens (tertiary/aromatic N) is 3. The number of rotatable bonds is 4.